The maximum Gasteiger partial charge on any atom is 4.00 e. The van der Waals surface area contributed by atoms with Crippen LogP contribution in [0.1, 0.15) is 0 Å². The van der Waals surface area contributed by atoms with Gasteiger partial charge >= 0.3 is 21.7 Å². The van der Waals surface area contributed by atoms with Gasteiger partial charge in [0.1, 0.15) is 0 Å². The van der Waals surface area contributed by atoms with Crippen LogP contribution in [0.2, 0.25) is 0 Å². The van der Waals surface area contributed by atoms with Crippen molar-refractivity contribution in [1.82, 2.24) is 0 Å². The van der Waals surface area contributed by atoms with Crippen LogP contribution in [0.15, 0.2) is 84.9 Å². The van der Waals surface area contributed by atoms with E-state index in [1.54, 1.807) is 12.1 Å². The molecule has 0 aliphatic heterocycles. The van der Waals surface area contributed by atoms with Crippen molar-refractivity contribution in [3.05, 3.63) is 132 Å². The first-order chi connectivity index (χ1) is 13.4. The molecule has 4 aromatic rings. The summed E-state index contributed by atoms with van der Waals surface area (Å²) >= 11 is 0. The summed E-state index contributed by atoms with van der Waals surface area (Å²) in [5.41, 5.74) is 0. The molecule has 0 N–H and O–H groups in total. The second-order valence-electron chi connectivity index (χ2n) is 4.91. The third-order valence-electron chi connectivity index (χ3n) is 2.65. The van der Waals surface area contributed by atoms with Crippen LogP contribution in [0, 0.1) is 47.0 Å². The van der Waals surface area contributed by atoms with Gasteiger partial charge in [-0.3, -0.25) is 0 Å². The third-order valence-corrected chi connectivity index (χ3v) is 2.65. The van der Waals surface area contributed by atoms with Crippen LogP contribution in [0.3, 0.4) is 0 Å². The van der Waals surface area contributed by atoms with Crippen molar-refractivity contribution in [2.45, 2.75) is 0 Å². The van der Waals surface area contributed by atoms with Crippen LogP contribution in [-0.2, 0) is 21.7 Å². The average Bonchev–Trinajstić information content (AvgIpc) is 3.32. The average molecular weight is 440 g/mol. The molecule has 0 aliphatic rings. The van der Waals surface area contributed by atoms with Gasteiger partial charge in [-0.15, -0.1) is 36.4 Å². The molecule has 0 atom stereocenters. The van der Waals surface area contributed by atoms with E-state index in [0.29, 0.717) is 24.3 Å². The van der Waals surface area contributed by atoms with E-state index in [0.717, 1.165) is 0 Å². The van der Waals surface area contributed by atoms with E-state index >= 15 is 0 Å². The van der Waals surface area contributed by atoms with Crippen molar-refractivity contribution in [1.29, 1.82) is 0 Å². The molecule has 0 unspecified atom stereocenters. The van der Waals surface area contributed by atoms with E-state index in [1.165, 1.54) is 0 Å². The molecule has 0 heterocycles. The van der Waals surface area contributed by atoms with Crippen molar-refractivity contribution < 1.29 is 48.1 Å². The second kappa shape index (κ2) is 15.4. The molecule has 4 aromatic carbocycles. The van der Waals surface area contributed by atoms with Gasteiger partial charge < -0.3 is 0 Å². The predicted molar refractivity (Wildman–Crippen MR) is 94.4 cm³/mol. The second-order valence-corrected chi connectivity index (χ2v) is 4.91. The van der Waals surface area contributed by atoms with E-state index < -0.39 is 34.9 Å². The molecule has 29 heavy (non-hydrogen) atoms. The predicted octanol–water partition coefficient (Wildman–Crippen LogP) is 6.62. The van der Waals surface area contributed by atoms with Crippen LogP contribution < -0.4 is 0 Å². The molecule has 0 spiro atoms. The molecule has 0 nitrogen and oxygen atoms in total. The summed E-state index contributed by atoms with van der Waals surface area (Å²) in [6.45, 7) is 0. The van der Waals surface area contributed by atoms with Gasteiger partial charge in [0.05, 0.1) is 0 Å². The quantitative estimate of drug-likeness (QED) is 0.164. The minimum Gasteiger partial charge on any atom is -0.236 e. The van der Waals surface area contributed by atoms with Gasteiger partial charge in [-0.05, 0) is 0 Å². The van der Waals surface area contributed by atoms with E-state index in [4.69, 9.17) is 0 Å². The molecule has 7 heteroatoms. The zero-order valence-electron chi connectivity index (χ0n) is 14.9. The van der Waals surface area contributed by atoms with E-state index in [2.05, 4.69) is 0 Å². The first kappa shape index (κ1) is 26.4. The van der Waals surface area contributed by atoms with Crippen LogP contribution in [0.4, 0.5) is 26.3 Å². The molecule has 0 bridgehead atoms. The normalized spacial score (nSPS) is 8.76. The Kier molecular flexibility index (Phi) is 14.0. The fourth-order valence-corrected chi connectivity index (χ4v) is 1.58. The van der Waals surface area contributed by atoms with Gasteiger partial charge in [0, 0.05) is 34.9 Å². The minimum atomic E-state index is -1.02. The summed E-state index contributed by atoms with van der Waals surface area (Å²) < 4.78 is 71.4. The largest absolute Gasteiger partial charge is 4.00 e. The topological polar surface area (TPSA) is 0 Å². The van der Waals surface area contributed by atoms with E-state index in [-0.39, 0.29) is 21.7 Å². The van der Waals surface area contributed by atoms with Gasteiger partial charge in [-0.25, -0.2) is 50.6 Å². The Morgan fingerprint density at radius 3 is 0.862 bits per heavy atom. The summed E-state index contributed by atoms with van der Waals surface area (Å²) in [6.07, 6.45) is 0. The number of hydrogen-bond acceptors (Lipinski definition) is 0. The van der Waals surface area contributed by atoms with Crippen LogP contribution >= 0.6 is 0 Å². The maximum atomic E-state index is 11.9. The monoisotopic (exact) mass is 440 g/mol. The first-order valence-electron chi connectivity index (χ1n) is 7.78. The Labute approximate surface area is 180 Å². The number of benzene rings is 2. The molecule has 4 rings (SSSR count). The van der Waals surface area contributed by atoms with Gasteiger partial charge in [0.25, 0.3) is 0 Å². The van der Waals surface area contributed by atoms with Gasteiger partial charge in [-0.2, -0.15) is 36.4 Å². The minimum absolute atomic E-state index is 0. The number of halogens is 6. The smallest absolute Gasteiger partial charge is 0.236 e. The Bertz CT molecular complexity index is 679. The fourth-order valence-electron chi connectivity index (χ4n) is 1.58. The zero-order valence-corrected chi connectivity index (χ0v) is 16.4. The van der Waals surface area contributed by atoms with Crippen molar-refractivity contribution in [3.8, 4) is 0 Å². The van der Waals surface area contributed by atoms with E-state index in [1.807, 2.05) is 60.7 Å². The fraction of sp³-hybridized carbons (Fsp3) is 0. The van der Waals surface area contributed by atoms with Crippen molar-refractivity contribution >= 4 is 0 Å². The van der Waals surface area contributed by atoms with Crippen LogP contribution in [-0.4, -0.2) is 0 Å². The van der Waals surface area contributed by atoms with Gasteiger partial charge in [0.2, 0.25) is 0 Å². The molecule has 0 radical (unpaired) electrons. The molecule has 0 amide bonds. The molecule has 0 aliphatic carbocycles. The van der Waals surface area contributed by atoms with Crippen molar-refractivity contribution in [2.75, 3.05) is 0 Å². The molecule has 0 aromatic heterocycles. The van der Waals surface area contributed by atoms with Crippen LogP contribution in [0.5, 0.6) is 0 Å². The Morgan fingerprint density at radius 2 is 0.724 bits per heavy atom. The standard InChI is InChI=1S/2C6H2F3.2C5H5.Ti/c2*7-4-1-5(8)3-6(9)2-4;2*1-2-4-5-3-1;/h2*1-2H;2*1-5H;/q4*-1;+4. The summed E-state index contributed by atoms with van der Waals surface area (Å²) in [6, 6.07) is 25.5. The molecule has 0 saturated heterocycles. The van der Waals surface area contributed by atoms with Crippen LogP contribution in [0.25, 0.3) is 0 Å². The van der Waals surface area contributed by atoms with Gasteiger partial charge in [0.15, 0.2) is 0 Å². The summed E-state index contributed by atoms with van der Waals surface area (Å²) in [4.78, 5) is 0. The first-order valence-corrected chi connectivity index (χ1v) is 7.78. The summed E-state index contributed by atoms with van der Waals surface area (Å²) in [7, 11) is 0. The molecule has 148 valence electrons. The third kappa shape index (κ3) is 14.1. The summed E-state index contributed by atoms with van der Waals surface area (Å²) in [5, 5.41) is 0. The Hall–Kier alpha value is -2.57. The van der Waals surface area contributed by atoms with Gasteiger partial charge in [-0.1, -0.05) is 0 Å². The Balaban J connectivity index is 0.000000369. The van der Waals surface area contributed by atoms with E-state index in [9.17, 15) is 26.3 Å². The SMILES string of the molecule is Fc1[c-]c(F)cc(F)c1.Fc1[c-]c(F)cc(F)c1.[Ti+4].c1cc[cH-]c1.c1cc[cH-]c1. The zero-order chi connectivity index (χ0) is 20.8. The number of hydrogen-bond donors (Lipinski definition) is 0. The molecule has 0 saturated carbocycles. The molecule has 0 fully saturated rings. The number of rotatable bonds is 0. The maximum absolute atomic E-state index is 11.9. The molecular formula is C22H14F6Ti. The Morgan fingerprint density at radius 1 is 0.483 bits per heavy atom. The van der Waals surface area contributed by atoms with Crippen molar-refractivity contribution in [3.63, 3.8) is 0 Å². The van der Waals surface area contributed by atoms with Crippen molar-refractivity contribution in [2.24, 2.45) is 0 Å². The molecular weight excluding hydrogens is 426 g/mol. The summed E-state index contributed by atoms with van der Waals surface area (Å²) in [5.74, 6) is -5.94.